The van der Waals surface area contributed by atoms with E-state index in [0.717, 1.165) is 38.5 Å². The Bertz CT molecular complexity index is 560. The minimum atomic E-state index is -0.681. The van der Waals surface area contributed by atoms with Crippen molar-refractivity contribution in [3.63, 3.8) is 0 Å². The van der Waals surface area contributed by atoms with E-state index in [1.54, 1.807) is 0 Å². The summed E-state index contributed by atoms with van der Waals surface area (Å²) >= 11 is 0. The average molecular weight is 550 g/mol. The van der Waals surface area contributed by atoms with Gasteiger partial charge in [0.1, 0.15) is 0 Å². The number of carbonyl (C=O) groups excluding carboxylic acids is 1. The molecule has 0 saturated heterocycles. The molecule has 0 rings (SSSR count). The number of unbranched alkanes of at least 4 members (excludes halogenated alkanes) is 19. The Kier molecular flexibility index (Phi) is 30.5. The largest absolute Gasteiger partial charge is 0.394 e. The van der Waals surface area contributed by atoms with Crippen LogP contribution in [0.2, 0.25) is 0 Å². The highest BCUT2D eigenvalue weighted by Crippen LogP contribution is 2.12. The topological polar surface area (TPSA) is 69.6 Å². The molecule has 0 aliphatic rings. The van der Waals surface area contributed by atoms with E-state index in [1.807, 2.05) is 0 Å². The minimum Gasteiger partial charge on any atom is -0.394 e. The second-order valence-corrected chi connectivity index (χ2v) is 11.6. The molecule has 0 unspecified atom stereocenters. The number of hydrogen-bond acceptors (Lipinski definition) is 3. The molecule has 0 aromatic rings. The summed E-state index contributed by atoms with van der Waals surface area (Å²) < 4.78 is 0. The maximum atomic E-state index is 12.3. The summed E-state index contributed by atoms with van der Waals surface area (Å²) in [5.41, 5.74) is 0. The van der Waals surface area contributed by atoms with Gasteiger partial charge >= 0.3 is 0 Å². The number of amides is 1. The molecule has 0 aliphatic heterocycles. The van der Waals surface area contributed by atoms with E-state index in [4.69, 9.17) is 0 Å². The Hall–Kier alpha value is -1.13. The van der Waals surface area contributed by atoms with Gasteiger partial charge in [-0.3, -0.25) is 4.79 Å². The van der Waals surface area contributed by atoms with Gasteiger partial charge in [-0.15, -0.1) is 0 Å². The van der Waals surface area contributed by atoms with Crippen LogP contribution in [0.1, 0.15) is 174 Å². The maximum Gasteiger partial charge on any atom is 0.220 e. The third kappa shape index (κ3) is 28.2. The van der Waals surface area contributed by atoms with Gasteiger partial charge in [-0.1, -0.05) is 128 Å². The summed E-state index contributed by atoms with van der Waals surface area (Å²) in [6.45, 7) is 4.31. The van der Waals surface area contributed by atoms with Gasteiger partial charge in [0.2, 0.25) is 5.91 Å². The lowest BCUT2D eigenvalue weighted by atomic mass is 10.0. The molecule has 1 amide bonds. The van der Waals surface area contributed by atoms with Crippen LogP contribution in [0.5, 0.6) is 0 Å². The van der Waals surface area contributed by atoms with Crippen LogP contribution in [0.3, 0.4) is 0 Å². The van der Waals surface area contributed by atoms with Crippen molar-refractivity contribution in [1.29, 1.82) is 0 Å². The van der Waals surface area contributed by atoms with E-state index >= 15 is 0 Å². The average Bonchev–Trinajstić information content (AvgIpc) is 2.94. The van der Waals surface area contributed by atoms with E-state index in [9.17, 15) is 15.0 Å². The highest BCUT2D eigenvalue weighted by molar-refractivity contribution is 5.76. The van der Waals surface area contributed by atoms with E-state index in [0.29, 0.717) is 12.8 Å². The number of hydrogen-bond donors (Lipinski definition) is 3. The number of nitrogens with one attached hydrogen (secondary N) is 1. The number of rotatable bonds is 30. The van der Waals surface area contributed by atoms with Gasteiger partial charge < -0.3 is 15.5 Å². The van der Waals surface area contributed by atoms with Crippen molar-refractivity contribution in [1.82, 2.24) is 5.32 Å². The van der Waals surface area contributed by atoms with Crippen molar-refractivity contribution in [3.8, 4) is 0 Å². The molecule has 0 fully saturated rings. The van der Waals surface area contributed by atoms with Crippen LogP contribution in [-0.2, 0) is 4.79 Å². The number of allylic oxidation sites excluding steroid dienone is 4. The monoisotopic (exact) mass is 550 g/mol. The van der Waals surface area contributed by atoms with E-state index in [2.05, 4.69) is 43.5 Å². The Morgan fingerprint density at radius 1 is 0.590 bits per heavy atom. The van der Waals surface area contributed by atoms with E-state index < -0.39 is 12.1 Å². The first kappa shape index (κ1) is 37.9. The van der Waals surface area contributed by atoms with Gasteiger partial charge in [0, 0.05) is 6.42 Å². The predicted octanol–water partition coefficient (Wildman–Crippen LogP) is 9.73. The summed E-state index contributed by atoms with van der Waals surface area (Å²) in [4.78, 5) is 12.3. The van der Waals surface area contributed by atoms with Gasteiger partial charge in [0.15, 0.2) is 0 Å². The Morgan fingerprint density at radius 2 is 0.974 bits per heavy atom. The molecule has 0 bridgehead atoms. The molecule has 0 aromatic heterocycles. The number of carbonyl (C=O) groups is 1. The van der Waals surface area contributed by atoms with Crippen molar-refractivity contribution in [3.05, 3.63) is 24.3 Å². The summed E-state index contributed by atoms with van der Waals surface area (Å²) in [7, 11) is 0. The normalized spacial score (nSPS) is 13.4. The molecular formula is C35H67NO3. The lowest BCUT2D eigenvalue weighted by Gasteiger charge is -2.22. The van der Waals surface area contributed by atoms with Crippen LogP contribution in [0, 0.1) is 0 Å². The second-order valence-electron chi connectivity index (χ2n) is 11.6. The molecule has 230 valence electrons. The molecule has 0 aromatic carbocycles. The third-order valence-corrected chi connectivity index (χ3v) is 7.68. The maximum absolute atomic E-state index is 12.3. The van der Waals surface area contributed by atoms with Crippen molar-refractivity contribution in [2.45, 2.75) is 187 Å². The lowest BCUT2D eigenvalue weighted by Crippen LogP contribution is -2.45. The number of aliphatic hydroxyl groups is 2. The quantitative estimate of drug-likeness (QED) is 0.0617. The Labute approximate surface area is 243 Å². The third-order valence-electron chi connectivity index (χ3n) is 7.68. The molecule has 0 heterocycles. The van der Waals surface area contributed by atoms with Crippen LogP contribution in [0.4, 0.5) is 0 Å². The fraction of sp³-hybridized carbons (Fsp3) is 0.857. The molecule has 2 atom stereocenters. The highest BCUT2D eigenvalue weighted by Gasteiger charge is 2.19. The highest BCUT2D eigenvalue weighted by atomic mass is 16.3. The van der Waals surface area contributed by atoms with Crippen LogP contribution in [0.15, 0.2) is 24.3 Å². The summed E-state index contributed by atoms with van der Waals surface area (Å²) in [6, 6.07) is -0.552. The van der Waals surface area contributed by atoms with Crippen molar-refractivity contribution in [2.75, 3.05) is 6.61 Å². The smallest absolute Gasteiger partial charge is 0.220 e. The first-order valence-electron chi connectivity index (χ1n) is 17.0. The zero-order valence-corrected chi connectivity index (χ0v) is 26.2. The van der Waals surface area contributed by atoms with Crippen molar-refractivity contribution < 1.29 is 15.0 Å². The summed E-state index contributed by atoms with van der Waals surface area (Å²) in [5, 5.41) is 22.9. The molecule has 3 N–H and O–H groups in total. The zero-order valence-electron chi connectivity index (χ0n) is 26.2. The lowest BCUT2D eigenvalue weighted by molar-refractivity contribution is -0.123. The molecular weight excluding hydrogens is 482 g/mol. The summed E-state index contributed by atoms with van der Waals surface area (Å²) in [6.07, 6.45) is 37.9. The molecule has 0 saturated carbocycles. The molecule has 0 spiro atoms. The molecule has 4 heteroatoms. The number of aliphatic hydroxyl groups excluding tert-OH is 2. The SMILES string of the molecule is CCCCCCC/C=C/CCCCCCCC(=O)N[C@@H](CO)[C@H](O)CCCC/C=C/CCCCCCCCC. The van der Waals surface area contributed by atoms with Gasteiger partial charge in [0.05, 0.1) is 18.8 Å². The van der Waals surface area contributed by atoms with Gasteiger partial charge in [-0.2, -0.15) is 0 Å². The van der Waals surface area contributed by atoms with Gasteiger partial charge in [-0.25, -0.2) is 0 Å². The zero-order chi connectivity index (χ0) is 28.7. The van der Waals surface area contributed by atoms with Gasteiger partial charge in [0.25, 0.3) is 0 Å². The Balaban J connectivity index is 3.65. The fourth-order valence-corrected chi connectivity index (χ4v) is 4.99. The minimum absolute atomic E-state index is 0.0525. The Morgan fingerprint density at radius 3 is 1.41 bits per heavy atom. The van der Waals surface area contributed by atoms with Gasteiger partial charge in [-0.05, 0) is 64.2 Å². The molecule has 4 nitrogen and oxygen atoms in total. The first-order valence-corrected chi connectivity index (χ1v) is 17.0. The van der Waals surface area contributed by atoms with E-state index in [1.165, 1.54) is 109 Å². The second kappa shape index (κ2) is 31.4. The first-order chi connectivity index (χ1) is 19.2. The molecule has 39 heavy (non-hydrogen) atoms. The predicted molar refractivity (Wildman–Crippen MR) is 170 cm³/mol. The fourth-order valence-electron chi connectivity index (χ4n) is 4.99. The van der Waals surface area contributed by atoms with Crippen molar-refractivity contribution in [2.24, 2.45) is 0 Å². The van der Waals surface area contributed by atoms with Crippen LogP contribution >= 0.6 is 0 Å². The summed E-state index contributed by atoms with van der Waals surface area (Å²) in [5.74, 6) is -0.0525. The van der Waals surface area contributed by atoms with Crippen LogP contribution in [0.25, 0.3) is 0 Å². The molecule has 0 aliphatic carbocycles. The standard InChI is InChI=1S/C35H67NO3/c1-3-5-7-9-11-13-15-17-19-21-23-25-27-29-31-35(39)36-33(32-37)34(38)30-28-26-24-22-20-18-16-14-12-10-8-6-4-2/h15,17,20,22,33-34,37-38H,3-14,16,18-19,21,23-32H2,1-2H3,(H,36,39)/b17-15+,22-20+/t33-,34+/m0/s1. The van der Waals surface area contributed by atoms with E-state index in [-0.39, 0.29) is 12.5 Å². The van der Waals surface area contributed by atoms with Crippen LogP contribution < -0.4 is 5.32 Å². The van der Waals surface area contributed by atoms with Crippen LogP contribution in [-0.4, -0.2) is 34.9 Å². The van der Waals surface area contributed by atoms with Crippen molar-refractivity contribution >= 4 is 5.91 Å². The molecule has 0 radical (unpaired) electrons.